The van der Waals surface area contributed by atoms with E-state index in [4.69, 9.17) is 0 Å². The average Bonchev–Trinajstić information content (AvgIpc) is 1.03. The highest BCUT2D eigenvalue weighted by molar-refractivity contribution is 6.28. The first-order valence-corrected chi connectivity index (χ1v) is 35.6. The van der Waals surface area contributed by atoms with E-state index < -0.39 is 0 Å². The van der Waals surface area contributed by atoms with Gasteiger partial charge in [0.1, 0.15) is 0 Å². The Kier molecular flexibility index (Phi) is 12.3. The highest BCUT2D eigenvalue weighted by atomic mass is 15.1. The van der Waals surface area contributed by atoms with Crippen LogP contribution in [0.2, 0.25) is 0 Å². The van der Waals surface area contributed by atoms with E-state index in [0.717, 1.165) is 34.1 Å². The summed E-state index contributed by atoms with van der Waals surface area (Å²) >= 11 is 0. The number of hydrogen-bond acceptors (Lipinski definition) is 2. The van der Waals surface area contributed by atoms with Crippen molar-refractivity contribution in [2.45, 2.75) is 77.0 Å². The molecule has 0 radical (unpaired) electrons. The Morgan fingerprint density at radius 2 is 0.530 bits per heavy atom. The highest BCUT2D eigenvalue weighted by Crippen LogP contribution is 2.59. The summed E-state index contributed by atoms with van der Waals surface area (Å²) in [7, 11) is 0. The molecule has 4 aliphatic rings. The second-order valence-electron chi connectivity index (χ2n) is 30.6. The summed E-state index contributed by atoms with van der Waals surface area (Å²) in [6.07, 6.45) is 0. The fourth-order valence-corrected chi connectivity index (χ4v) is 19.2. The lowest BCUT2D eigenvalue weighted by Gasteiger charge is -2.36. The zero-order valence-corrected chi connectivity index (χ0v) is 57.8. The zero-order valence-electron chi connectivity index (χ0n) is 57.8. The van der Waals surface area contributed by atoms with E-state index in [0.29, 0.717) is 0 Å². The van der Waals surface area contributed by atoms with E-state index in [2.05, 4.69) is 369 Å². The minimum atomic E-state index is -0.258. The lowest BCUT2D eigenvalue weighted by Crippen LogP contribution is -2.23. The molecular formula is C98H74N2. The first kappa shape index (κ1) is 58.6. The first-order chi connectivity index (χ1) is 48.7. The summed E-state index contributed by atoms with van der Waals surface area (Å²) in [5.74, 6) is 0. The predicted octanol–water partition coefficient (Wildman–Crippen LogP) is 27.0. The fourth-order valence-electron chi connectivity index (χ4n) is 19.2. The zero-order chi connectivity index (χ0) is 67.3. The van der Waals surface area contributed by atoms with Crippen molar-refractivity contribution in [1.82, 2.24) is 0 Å². The Labute approximate surface area is 585 Å². The van der Waals surface area contributed by atoms with Gasteiger partial charge in [-0.3, -0.25) is 0 Å². The maximum absolute atomic E-state index is 2.55. The van der Waals surface area contributed by atoms with E-state index in [1.54, 1.807) is 0 Å². The number of anilines is 6. The Hall–Kier alpha value is -11.6. The molecule has 0 heterocycles. The van der Waals surface area contributed by atoms with Crippen LogP contribution in [0.15, 0.2) is 303 Å². The molecule has 0 saturated heterocycles. The van der Waals surface area contributed by atoms with Crippen molar-refractivity contribution in [1.29, 1.82) is 0 Å². The molecule has 0 fully saturated rings. The van der Waals surface area contributed by atoms with Crippen LogP contribution in [0.1, 0.15) is 99.9 Å². The van der Waals surface area contributed by atoms with Crippen LogP contribution in [-0.2, 0) is 21.7 Å². The molecule has 100 heavy (non-hydrogen) atoms. The van der Waals surface area contributed by atoms with E-state index in [-0.39, 0.29) is 21.7 Å². The maximum atomic E-state index is 2.55. The third-order valence-corrected chi connectivity index (χ3v) is 24.0. The van der Waals surface area contributed by atoms with E-state index in [1.165, 1.54) is 165 Å². The van der Waals surface area contributed by atoms with E-state index >= 15 is 0 Å². The molecular weight excluding hydrogens is 1210 g/mol. The molecule has 476 valence electrons. The van der Waals surface area contributed by atoms with Gasteiger partial charge in [0, 0.05) is 55.8 Å². The minimum Gasteiger partial charge on any atom is -0.310 e. The summed E-state index contributed by atoms with van der Waals surface area (Å²) in [6, 6.07) is 116. The predicted molar refractivity (Wildman–Crippen MR) is 424 cm³/mol. The van der Waals surface area contributed by atoms with Gasteiger partial charge in [0.2, 0.25) is 0 Å². The number of para-hydroxylation sites is 2. The molecule has 0 bridgehead atoms. The second-order valence-corrected chi connectivity index (χ2v) is 30.6. The molecule has 16 aromatic rings. The smallest absolute Gasteiger partial charge is 0.0468 e. The Bertz CT molecular complexity index is 6220. The number of hydrogen-bond donors (Lipinski definition) is 0. The van der Waals surface area contributed by atoms with Crippen molar-refractivity contribution < 1.29 is 0 Å². The standard InChI is InChI=1S/C98H74N2/c1-95(2)84-37-21-18-32-68(84)74-51-53-76(72-34-23-39-86(95)92(72)74)90-79-50-45-63(100(61-28-13-10-14-29-61)65-43-48-71-80-46-41-59-25-15-16-30-66(59)94(80)98(7,8)89(71)58-65)56-82(79)91(77-54-52-75-69-33-19-22-38-85(69)96(3,4)87-40-24-35-73(77)93(75)87)78-49-44-62(55-81(78)90)99(60-26-11-9-12-27-60)64-42-47-70-67-31-17-20-36-83(67)97(5,6)88(70)57-64/h9-58H,1-8H3. The van der Waals surface area contributed by atoms with Gasteiger partial charge in [-0.05, 0) is 238 Å². The molecule has 0 aromatic heterocycles. The van der Waals surface area contributed by atoms with E-state index in [9.17, 15) is 0 Å². The highest BCUT2D eigenvalue weighted by Gasteiger charge is 2.41. The van der Waals surface area contributed by atoms with Gasteiger partial charge in [-0.2, -0.15) is 0 Å². The molecule has 0 amide bonds. The third kappa shape index (κ3) is 8.08. The largest absolute Gasteiger partial charge is 0.310 e. The number of nitrogens with zero attached hydrogens (tertiary/aromatic N) is 2. The van der Waals surface area contributed by atoms with Crippen molar-refractivity contribution in [3.05, 3.63) is 348 Å². The fraction of sp³-hybridized carbons (Fsp3) is 0.122. The maximum Gasteiger partial charge on any atom is 0.0468 e. The molecule has 0 saturated carbocycles. The van der Waals surface area contributed by atoms with Crippen LogP contribution in [-0.4, -0.2) is 0 Å². The van der Waals surface area contributed by atoms with E-state index in [1.807, 2.05) is 0 Å². The van der Waals surface area contributed by atoms with Crippen LogP contribution in [0, 0.1) is 0 Å². The summed E-state index contributed by atoms with van der Waals surface area (Å²) in [6.45, 7) is 19.3. The quantitative estimate of drug-likeness (QED) is 0.140. The van der Waals surface area contributed by atoms with Crippen LogP contribution in [0.4, 0.5) is 34.1 Å². The van der Waals surface area contributed by atoms with Crippen LogP contribution in [0.5, 0.6) is 0 Å². The Morgan fingerprint density at radius 3 is 1.03 bits per heavy atom. The molecule has 0 spiro atoms. The van der Waals surface area contributed by atoms with Crippen LogP contribution in [0.25, 0.3) is 121 Å². The minimum absolute atomic E-state index is 0.193. The third-order valence-electron chi connectivity index (χ3n) is 24.0. The van der Waals surface area contributed by atoms with Gasteiger partial charge >= 0.3 is 0 Å². The van der Waals surface area contributed by atoms with Crippen LogP contribution in [0.3, 0.4) is 0 Å². The molecule has 4 aliphatic carbocycles. The first-order valence-electron chi connectivity index (χ1n) is 35.6. The Balaban J connectivity index is 0.908. The van der Waals surface area contributed by atoms with Crippen LogP contribution >= 0.6 is 0 Å². The number of fused-ring (bicyclic) bond motifs is 14. The van der Waals surface area contributed by atoms with Crippen LogP contribution < -0.4 is 9.80 Å². The van der Waals surface area contributed by atoms with Gasteiger partial charge in [0.15, 0.2) is 0 Å². The second kappa shape index (κ2) is 21.0. The van der Waals surface area contributed by atoms with Gasteiger partial charge in [-0.1, -0.05) is 286 Å². The normalized spacial score (nSPS) is 14.9. The summed E-state index contributed by atoms with van der Waals surface area (Å²) in [5, 5.41) is 12.5. The lowest BCUT2D eigenvalue weighted by molar-refractivity contribution is 0.645. The average molecular weight is 1280 g/mol. The molecule has 2 heteroatoms. The number of benzene rings is 16. The summed E-state index contributed by atoms with van der Waals surface area (Å²) < 4.78 is 0. The van der Waals surface area contributed by atoms with Crippen molar-refractivity contribution in [2.24, 2.45) is 0 Å². The van der Waals surface area contributed by atoms with Gasteiger partial charge in [0.25, 0.3) is 0 Å². The van der Waals surface area contributed by atoms with Gasteiger partial charge in [-0.25, -0.2) is 0 Å². The Morgan fingerprint density at radius 1 is 0.190 bits per heavy atom. The van der Waals surface area contributed by atoms with Crippen molar-refractivity contribution in [3.8, 4) is 66.8 Å². The van der Waals surface area contributed by atoms with Crippen molar-refractivity contribution in [3.63, 3.8) is 0 Å². The van der Waals surface area contributed by atoms with Gasteiger partial charge < -0.3 is 9.80 Å². The molecule has 20 rings (SSSR count). The summed E-state index contributed by atoms with van der Waals surface area (Å²) in [4.78, 5) is 5.02. The lowest BCUT2D eigenvalue weighted by atomic mass is 9.67. The summed E-state index contributed by atoms with van der Waals surface area (Å²) in [5.41, 5.74) is 31.9. The molecule has 16 aromatic carbocycles. The molecule has 0 N–H and O–H groups in total. The number of rotatable bonds is 8. The van der Waals surface area contributed by atoms with Crippen molar-refractivity contribution in [2.75, 3.05) is 9.80 Å². The van der Waals surface area contributed by atoms with Gasteiger partial charge in [0.05, 0.1) is 0 Å². The van der Waals surface area contributed by atoms with Crippen molar-refractivity contribution >= 4 is 88.0 Å². The monoisotopic (exact) mass is 1280 g/mol. The van der Waals surface area contributed by atoms with Gasteiger partial charge in [-0.15, -0.1) is 0 Å². The molecule has 0 unspecified atom stereocenters. The topological polar surface area (TPSA) is 6.48 Å². The molecule has 0 aliphatic heterocycles. The SMILES string of the molecule is CC1(C)c2ccccc2-c2ccc(N(c3ccccc3)c3ccc4c(-c5ccc6c7c(cccc57)C(C)(C)c5ccccc5-6)c5cc(N(c6ccccc6)c6ccc7c(c6)C(C)(C)c6c-7ccc7ccccc67)ccc5c(-c5ccc6c7c(cccc57)C(C)(C)c5ccccc5-6)c4c3)cc21. The molecule has 0 atom stereocenters. The molecule has 2 nitrogen and oxygen atoms in total.